The molecule has 0 unspecified atom stereocenters. The molecule has 0 spiro atoms. The van der Waals surface area contributed by atoms with E-state index in [1.165, 1.54) is 17.0 Å². The molecule has 64 valence electrons. The van der Waals surface area contributed by atoms with Crippen LogP contribution in [0.25, 0.3) is 0 Å². The first-order valence-electron chi connectivity index (χ1n) is 4.06. The van der Waals surface area contributed by atoms with E-state index in [1.807, 2.05) is 18.7 Å². The van der Waals surface area contributed by atoms with Gasteiger partial charge in [0.15, 0.2) is 6.29 Å². The van der Waals surface area contributed by atoms with Gasteiger partial charge in [0.05, 0.1) is 0 Å². The molecule has 1 aromatic heterocycles. The van der Waals surface area contributed by atoms with Crippen LogP contribution in [0.2, 0.25) is 0 Å². The zero-order chi connectivity index (χ0) is 8.55. The van der Waals surface area contributed by atoms with Crippen molar-refractivity contribution in [2.45, 2.75) is 19.1 Å². The highest BCUT2D eigenvalue weighted by molar-refractivity contribution is 7.98. The Morgan fingerprint density at radius 2 is 2.42 bits per heavy atom. The molecule has 1 aromatic rings. The third kappa shape index (κ3) is 1.08. The Morgan fingerprint density at radius 1 is 1.58 bits per heavy atom. The molecule has 1 aliphatic heterocycles. The van der Waals surface area contributed by atoms with E-state index in [-0.39, 0.29) is 0 Å². The van der Waals surface area contributed by atoms with Crippen molar-refractivity contribution >= 4 is 18.0 Å². The monoisotopic (exact) mass is 181 g/mol. The fourth-order valence-corrected chi connectivity index (χ4v) is 2.67. The summed E-state index contributed by atoms with van der Waals surface area (Å²) in [6.45, 7) is 1.96. The first kappa shape index (κ1) is 7.92. The molecule has 0 saturated carbocycles. The molecule has 0 atom stereocenters. The van der Waals surface area contributed by atoms with Crippen LogP contribution in [0.5, 0.6) is 0 Å². The quantitative estimate of drug-likeness (QED) is 0.671. The first-order valence-corrected chi connectivity index (χ1v) is 5.21. The summed E-state index contributed by atoms with van der Waals surface area (Å²) in [6.07, 6.45) is 2.05. The molecule has 0 aliphatic carbocycles. The number of rotatable bonds is 1. The number of aryl methyl sites for hydroxylation is 2. The normalized spacial score (nSPS) is 15.8. The Labute approximate surface area is 75.7 Å². The van der Waals surface area contributed by atoms with Crippen molar-refractivity contribution in [1.29, 1.82) is 0 Å². The average molecular weight is 181 g/mol. The Bertz CT molecular complexity index is 317. The smallest absolute Gasteiger partial charge is 0.152 e. The summed E-state index contributed by atoms with van der Waals surface area (Å²) in [5, 5.41) is 0. The van der Waals surface area contributed by atoms with E-state index in [0.29, 0.717) is 0 Å². The predicted octanol–water partition coefficient (Wildman–Crippen LogP) is 1.92. The van der Waals surface area contributed by atoms with Gasteiger partial charge in [0.2, 0.25) is 0 Å². The second-order valence-corrected chi connectivity index (χ2v) is 4.15. The van der Waals surface area contributed by atoms with Crippen molar-refractivity contribution < 1.29 is 4.79 Å². The van der Waals surface area contributed by atoms with Crippen LogP contribution >= 0.6 is 11.8 Å². The van der Waals surface area contributed by atoms with Gasteiger partial charge in [0.25, 0.3) is 0 Å². The number of nitrogens with one attached hydrogen (secondary N) is 1. The van der Waals surface area contributed by atoms with Crippen LogP contribution in [0.1, 0.15) is 27.3 Å². The van der Waals surface area contributed by atoms with Gasteiger partial charge in [-0.3, -0.25) is 4.79 Å². The van der Waals surface area contributed by atoms with Crippen LogP contribution in [0, 0.1) is 6.92 Å². The summed E-state index contributed by atoms with van der Waals surface area (Å²) < 4.78 is 0. The number of H-pyrrole nitrogens is 1. The lowest BCUT2D eigenvalue weighted by atomic mass is 10.1. The van der Waals surface area contributed by atoms with Crippen LogP contribution in [-0.4, -0.2) is 17.0 Å². The Kier molecular flexibility index (Phi) is 1.97. The number of carbonyl (C=O) groups excluding carboxylic acids is 1. The molecule has 0 saturated heterocycles. The number of fused-ring (bicyclic) bond motifs is 1. The zero-order valence-corrected chi connectivity index (χ0v) is 7.83. The molecule has 1 aliphatic rings. The molecule has 2 rings (SSSR count). The SMILES string of the molecule is Cc1[nH]c2c(c1C=O)CSCC2. The van der Waals surface area contributed by atoms with Crippen LogP contribution in [0.15, 0.2) is 0 Å². The highest BCUT2D eigenvalue weighted by Gasteiger charge is 2.17. The number of aromatic nitrogens is 1. The van der Waals surface area contributed by atoms with Crippen molar-refractivity contribution in [2.24, 2.45) is 0 Å². The van der Waals surface area contributed by atoms with Gasteiger partial charge < -0.3 is 4.98 Å². The maximum Gasteiger partial charge on any atom is 0.152 e. The molecule has 0 fully saturated rings. The van der Waals surface area contributed by atoms with Gasteiger partial charge >= 0.3 is 0 Å². The molecule has 0 bridgehead atoms. The van der Waals surface area contributed by atoms with E-state index < -0.39 is 0 Å². The van der Waals surface area contributed by atoms with Crippen molar-refractivity contribution in [3.05, 3.63) is 22.5 Å². The second-order valence-electron chi connectivity index (χ2n) is 3.04. The third-order valence-electron chi connectivity index (χ3n) is 2.29. The fraction of sp³-hybridized carbons (Fsp3) is 0.444. The summed E-state index contributed by atoms with van der Waals surface area (Å²) in [7, 11) is 0. The van der Waals surface area contributed by atoms with Crippen LogP contribution < -0.4 is 0 Å². The molecule has 0 radical (unpaired) electrons. The highest BCUT2D eigenvalue weighted by atomic mass is 32.2. The molecule has 1 N–H and O–H groups in total. The van der Waals surface area contributed by atoms with Gasteiger partial charge in [0, 0.05) is 22.7 Å². The number of hydrogen-bond acceptors (Lipinski definition) is 2. The zero-order valence-electron chi connectivity index (χ0n) is 7.02. The number of thioether (sulfide) groups is 1. The Balaban J connectivity index is 2.53. The second kappa shape index (κ2) is 2.98. The van der Waals surface area contributed by atoms with Gasteiger partial charge in [-0.15, -0.1) is 0 Å². The van der Waals surface area contributed by atoms with Gasteiger partial charge in [-0.05, 0) is 24.7 Å². The largest absolute Gasteiger partial charge is 0.362 e. The van der Waals surface area contributed by atoms with Gasteiger partial charge in [-0.2, -0.15) is 11.8 Å². The molecule has 0 amide bonds. The van der Waals surface area contributed by atoms with E-state index in [0.717, 1.165) is 29.7 Å². The Morgan fingerprint density at radius 3 is 3.17 bits per heavy atom. The number of carbonyl (C=O) groups is 1. The van der Waals surface area contributed by atoms with Gasteiger partial charge in [-0.25, -0.2) is 0 Å². The summed E-state index contributed by atoms with van der Waals surface area (Å²) in [5.41, 5.74) is 4.42. The highest BCUT2D eigenvalue weighted by Crippen LogP contribution is 2.27. The van der Waals surface area contributed by atoms with E-state index in [4.69, 9.17) is 0 Å². The molecule has 0 aromatic carbocycles. The summed E-state index contributed by atoms with van der Waals surface area (Å²) in [6, 6.07) is 0. The van der Waals surface area contributed by atoms with Crippen LogP contribution in [-0.2, 0) is 12.2 Å². The maximum atomic E-state index is 10.7. The fourth-order valence-electron chi connectivity index (χ4n) is 1.64. The summed E-state index contributed by atoms with van der Waals surface area (Å²) >= 11 is 1.90. The number of hydrogen-bond donors (Lipinski definition) is 1. The lowest BCUT2D eigenvalue weighted by Gasteiger charge is -2.10. The first-order chi connectivity index (χ1) is 5.83. The molecule has 2 heterocycles. The minimum atomic E-state index is 0.886. The van der Waals surface area contributed by atoms with Crippen LogP contribution in [0.3, 0.4) is 0 Å². The number of aldehydes is 1. The summed E-state index contributed by atoms with van der Waals surface area (Å²) in [4.78, 5) is 14.0. The topological polar surface area (TPSA) is 32.9 Å². The maximum absolute atomic E-state index is 10.7. The predicted molar refractivity (Wildman–Crippen MR) is 50.8 cm³/mol. The average Bonchev–Trinajstić information content (AvgIpc) is 2.40. The third-order valence-corrected chi connectivity index (χ3v) is 3.28. The molecule has 2 nitrogen and oxygen atoms in total. The van der Waals surface area contributed by atoms with Crippen molar-refractivity contribution in [3.8, 4) is 0 Å². The minimum absolute atomic E-state index is 0.886. The molecule has 3 heteroatoms. The lowest BCUT2D eigenvalue weighted by Crippen LogP contribution is -2.01. The van der Waals surface area contributed by atoms with E-state index in [1.54, 1.807) is 0 Å². The van der Waals surface area contributed by atoms with E-state index in [9.17, 15) is 4.79 Å². The van der Waals surface area contributed by atoms with Gasteiger partial charge in [0.1, 0.15) is 0 Å². The summed E-state index contributed by atoms with van der Waals surface area (Å²) in [5.74, 6) is 2.17. The number of aromatic amines is 1. The molecule has 12 heavy (non-hydrogen) atoms. The molecular weight excluding hydrogens is 170 g/mol. The minimum Gasteiger partial charge on any atom is -0.362 e. The molecular formula is C9H11NOS. The Hall–Kier alpha value is -0.700. The lowest BCUT2D eigenvalue weighted by molar-refractivity contribution is 0.112. The van der Waals surface area contributed by atoms with E-state index in [2.05, 4.69) is 4.98 Å². The van der Waals surface area contributed by atoms with Crippen LogP contribution in [0.4, 0.5) is 0 Å². The van der Waals surface area contributed by atoms with Gasteiger partial charge in [-0.1, -0.05) is 0 Å². The van der Waals surface area contributed by atoms with Crippen molar-refractivity contribution in [2.75, 3.05) is 5.75 Å². The van der Waals surface area contributed by atoms with Crippen molar-refractivity contribution in [3.63, 3.8) is 0 Å². The standard InChI is InChI=1S/C9H11NOS/c1-6-7(4-11)8-5-12-3-2-9(8)10-6/h4,10H,2-3,5H2,1H3. The van der Waals surface area contributed by atoms with Crippen molar-refractivity contribution in [1.82, 2.24) is 4.98 Å². The van der Waals surface area contributed by atoms with E-state index >= 15 is 0 Å².